The Labute approximate surface area is 157 Å². The lowest BCUT2D eigenvalue weighted by Gasteiger charge is -2.25. The zero-order chi connectivity index (χ0) is 20.6. The zero-order valence-electron chi connectivity index (χ0n) is 13.9. The number of carbonyl (C=O) groups is 2. The SMILES string of the molecule is C#CCN(CCCN(C(=O)CCl)c1ccc([N+](=O)[O-])cc1)C(=O)C(F)(F)F. The molecule has 1 aromatic carbocycles. The van der Waals surface area contributed by atoms with Crippen molar-refractivity contribution in [2.45, 2.75) is 12.6 Å². The van der Waals surface area contributed by atoms with Crippen LogP contribution in [0.2, 0.25) is 0 Å². The highest BCUT2D eigenvalue weighted by Crippen LogP contribution is 2.21. The molecule has 0 N–H and O–H groups in total. The maximum absolute atomic E-state index is 12.6. The van der Waals surface area contributed by atoms with E-state index >= 15 is 0 Å². The van der Waals surface area contributed by atoms with E-state index in [9.17, 15) is 32.9 Å². The van der Waals surface area contributed by atoms with Crippen LogP contribution in [0.3, 0.4) is 0 Å². The molecule has 0 aromatic heterocycles. The lowest BCUT2D eigenvalue weighted by molar-refractivity contribution is -0.384. The predicted molar refractivity (Wildman–Crippen MR) is 92.3 cm³/mol. The summed E-state index contributed by atoms with van der Waals surface area (Å²) in [6.07, 6.45) is -0.0723. The van der Waals surface area contributed by atoms with Crippen LogP contribution in [-0.2, 0) is 9.59 Å². The van der Waals surface area contributed by atoms with E-state index in [4.69, 9.17) is 18.0 Å². The van der Waals surface area contributed by atoms with E-state index < -0.39 is 35.3 Å². The van der Waals surface area contributed by atoms with E-state index in [1.165, 1.54) is 29.2 Å². The highest BCUT2D eigenvalue weighted by Gasteiger charge is 2.42. The number of alkyl halides is 4. The molecule has 2 amide bonds. The molecule has 0 aliphatic rings. The molecule has 0 bridgehead atoms. The number of amides is 2. The largest absolute Gasteiger partial charge is 0.471 e. The fourth-order valence-electron chi connectivity index (χ4n) is 2.19. The van der Waals surface area contributed by atoms with Crippen molar-refractivity contribution in [3.8, 4) is 12.3 Å². The number of rotatable bonds is 8. The molecular weight excluding hydrogens is 391 g/mol. The summed E-state index contributed by atoms with van der Waals surface area (Å²) in [5.41, 5.74) is 0.102. The Hall–Kier alpha value is -2.80. The first-order chi connectivity index (χ1) is 12.6. The van der Waals surface area contributed by atoms with Crippen molar-refractivity contribution in [1.82, 2.24) is 4.90 Å². The van der Waals surface area contributed by atoms with Gasteiger partial charge in [0, 0.05) is 30.9 Å². The van der Waals surface area contributed by atoms with Gasteiger partial charge in [-0.05, 0) is 18.6 Å². The summed E-state index contributed by atoms with van der Waals surface area (Å²) in [7, 11) is 0. The van der Waals surface area contributed by atoms with Crippen LogP contribution in [-0.4, -0.2) is 53.3 Å². The molecule has 0 saturated carbocycles. The van der Waals surface area contributed by atoms with E-state index in [1.54, 1.807) is 0 Å². The number of hydrogen-bond acceptors (Lipinski definition) is 4. The number of nitrogens with zero attached hydrogens (tertiary/aromatic N) is 3. The van der Waals surface area contributed by atoms with Crippen LogP contribution in [0.1, 0.15) is 6.42 Å². The summed E-state index contributed by atoms with van der Waals surface area (Å²) in [5, 5.41) is 10.7. The molecular formula is C16H15ClF3N3O4. The summed E-state index contributed by atoms with van der Waals surface area (Å²) in [6.45, 7) is -0.920. The quantitative estimate of drug-likeness (QED) is 0.288. The van der Waals surface area contributed by atoms with Crippen molar-refractivity contribution in [3.63, 3.8) is 0 Å². The first-order valence-electron chi connectivity index (χ1n) is 7.52. The van der Waals surface area contributed by atoms with Crippen molar-refractivity contribution >= 4 is 34.8 Å². The van der Waals surface area contributed by atoms with Crippen molar-refractivity contribution in [2.24, 2.45) is 0 Å². The fraction of sp³-hybridized carbons (Fsp3) is 0.375. The number of nitro benzene ring substituents is 1. The lowest BCUT2D eigenvalue weighted by Crippen LogP contribution is -2.43. The number of terminal acetylenes is 1. The number of benzene rings is 1. The van der Waals surface area contributed by atoms with Gasteiger partial charge in [-0.3, -0.25) is 19.7 Å². The average molecular weight is 406 g/mol. The first-order valence-corrected chi connectivity index (χ1v) is 8.05. The minimum atomic E-state index is -5.05. The van der Waals surface area contributed by atoms with Crippen molar-refractivity contribution in [1.29, 1.82) is 0 Å². The Bertz CT molecular complexity index is 732. The molecule has 0 radical (unpaired) electrons. The van der Waals surface area contributed by atoms with Crippen LogP contribution in [0.5, 0.6) is 0 Å². The molecule has 0 fully saturated rings. The second kappa shape index (κ2) is 9.78. The number of carbonyl (C=O) groups excluding carboxylic acids is 2. The van der Waals surface area contributed by atoms with Gasteiger partial charge >= 0.3 is 12.1 Å². The molecule has 0 spiro atoms. The van der Waals surface area contributed by atoms with E-state index in [2.05, 4.69) is 0 Å². The topological polar surface area (TPSA) is 83.8 Å². The molecule has 0 aliphatic heterocycles. The maximum Gasteiger partial charge on any atom is 0.471 e. The van der Waals surface area contributed by atoms with Crippen LogP contribution < -0.4 is 4.90 Å². The highest BCUT2D eigenvalue weighted by molar-refractivity contribution is 6.29. The van der Waals surface area contributed by atoms with Gasteiger partial charge in [-0.15, -0.1) is 18.0 Å². The third kappa shape index (κ3) is 6.45. The fourth-order valence-corrected chi connectivity index (χ4v) is 2.33. The number of nitro groups is 1. The van der Waals surface area contributed by atoms with Gasteiger partial charge in [0.25, 0.3) is 5.69 Å². The molecule has 27 heavy (non-hydrogen) atoms. The number of halogens is 4. The first kappa shape index (κ1) is 22.2. The van der Waals surface area contributed by atoms with Gasteiger partial charge in [-0.2, -0.15) is 13.2 Å². The number of hydrogen-bond donors (Lipinski definition) is 0. The van der Waals surface area contributed by atoms with E-state index in [0.717, 1.165) is 0 Å². The summed E-state index contributed by atoms with van der Waals surface area (Å²) in [5.74, 6) is -1.02. The van der Waals surface area contributed by atoms with Gasteiger partial charge < -0.3 is 9.80 Å². The van der Waals surface area contributed by atoms with Gasteiger partial charge in [0.2, 0.25) is 5.91 Å². The normalized spacial score (nSPS) is 10.8. The van der Waals surface area contributed by atoms with Crippen LogP contribution in [0, 0.1) is 22.5 Å². The van der Waals surface area contributed by atoms with Crippen LogP contribution in [0.15, 0.2) is 24.3 Å². The van der Waals surface area contributed by atoms with Gasteiger partial charge in [0.15, 0.2) is 0 Å². The minimum absolute atomic E-state index is 0.0108. The van der Waals surface area contributed by atoms with Crippen LogP contribution in [0.25, 0.3) is 0 Å². The Balaban J connectivity index is 2.86. The Morgan fingerprint density at radius 3 is 2.26 bits per heavy atom. The van der Waals surface area contributed by atoms with Crippen LogP contribution >= 0.6 is 11.6 Å². The standard InChI is InChI=1S/C16H15ClF3N3O4/c1-2-8-21(15(25)16(18,19)20)9-3-10-22(14(24)11-17)12-4-6-13(7-5-12)23(26)27/h1,4-7H,3,8-11H2. The summed E-state index contributed by atoms with van der Waals surface area (Å²) in [4.78, 5) is 35.0. The Morgan fingerprint density at radius 1 is 1.22 bits per heavy atom. The smallest absolute Gasteiger partial charge is 0.324 e. The van der Waals surface area contributed by atoms with Crippen LogP contribution in [0.4, 0.5) is 24.5 Å². The molecule has 0 heterocycles. The highest BCUT2D eigenvalue weighted by atomic mass is 35.5. The molecule has 0 aliphatic carbocycles. The monoisotopic (exact) mass is 405 g/mol. The van der Waals surface area contributed by atoms with Crippen molar-refractivity contribution in [2.75, 3.05) is 30.4 Å². The molecule has 1 rings (SSSR count). The minimum Gasteiger partial charge on any atom is -0.324 e. The second-order valence-electron chi connectivity index (χ2n) is 5.23. The number of non-ortho nitro benzene ring substituents is 1. The summed E-state index contributed by atoms with van der Waals surface area (Å²) >= 11 is 5.54. The van der Waals surface area contributed by atoms with Gasteiger partial charge in [0.05, 0.1) is 11.5 Å². The van der Waals surface area contributed by atoms with E-state index in [-0.39, 0.29) is 30.9 Å². The average Bonchev–Trinajstić information content (AvgIpc) is 2.62. The number of anilines is 1. The third-order valence-corrected chi connectivity index (χ3v) is 3.64. The molecule has 146 valence electrons. The van der Waals surface area contributed by atoms with E-state index in [0.29, 0.717) is 4.90 Å². The molecule has 0 saturated heterocycles. The predicted octanol–water partition coefficient (Wildman–Crippen LogP) is 2.58. The third-order valence-electron chi connectivity index (χ3n) is 3.41. The molecule has 7 nitrogen and oxygen atoms in total. The Kier molecular flexibility index (Phi) is 8.05. The molecule has 11 heteroatoms. The molecule has 1 aromatic rings. The zero-order valence-corrected chi connectivity index (χ0v) is 14.7. The van der Waals surface area contributed by atoms with Gasteiger partial charge in [0.1, 0.15) is 5.88 Å². The second-order valence-corrected chi connectivity index (χ2v) is 5.50. The van der Waals surface area contributed by atoms with E-state index in [1.807, 2.05) is 5.92 Å². The van der Waals surface area contributed by atoms with Crippen molar-refractivity contribution < 1.29 is 27.7 Å². The Morgan fingerprint density at radius 2 is 1.81 bits per heavy atom. The lowest BCUT2D eigenvalue weighted by atomic mass is 10.2. The summed E-state index contributed by atoms with van der Waals surface area (Å²) in [6, 6.07) is 5.01. The maximum atomic E-state index is 12.6. The molecule has 0 unspecified atom stereocenters. The van der Waals surface area contributed by atoms with Gasteiger partial charge in [-0.25, -0.2) is 0 Å². The van der Waals surface area contributed by atoms with Gasteiger partial charge in [-0.1, -0.05) is 5.92 Å². The summed E-state index contributed by atoms with van der Waals surface area (Å²) < 4.78 is 37.7. The van der Waals surface area contributed by atoms with Crippen molar-refractivity contribution in [3.05, 3.63) is 34.4 Å². The molecule has 0 atom stereocenters.